The molecule has 5 atom stereocenters. The molecule has 0 radical (unpaired) electrons. The van der Waals surface area contributed by atoms with Gasteiger partial charge in [0, 0.05) is 25.3 Å². The minimum atomic E-state index is -3.85. The van der Waals surface area contributed by atoms with Crippen LogP contribution in [0.3, 0.4) is 0 Å². The number of rotatable bonds is 3. The van der Waals surface area contributed by atoms with Crippen molar-refractivity contribution in [1.82, 2.24) is 14.9 Å². The fraction of sp³-hybridized carbons (Fsp3) is 0.783. The topological polar surface area (TPSA) is 133 Å². The number of allylic oxidation sites excluding steroid dienone is 1. The van der Waals surface area contributed by atoms with Crippen molar-refractivity contribution >= 4 is 27.7 Å². The highest BCUT2D eigenvalue weighted by atomic mass is 32.2. The van der Waals surface area contributed by atoms with Gasteiger partial charge >= 0.3 is 0 Å². The summed E-state index contributed by atoms with van der Waals surface area (Å²) in [6, 6.07) is -0.878. The van der Waals surface area contributed by atoms with E-state index in [1.165, 1.54) is 4.90 Å². The fourth-order valence-corrected chi connectivity index (χ4v) is 6.25. The van der Waals surface area contributed by atoms with E-state index in [-0.39, 0.29) is 30.7 Å². The molecule has 2 aliphatic carbocycles. The number of nitrogens with one attached hydrogen (secondary N) is 2. The Kier molecular flexibility index (Phi) is 6.37. The van der Waals surface area contributed by atoms with E-state index in [1.807, 2.05) is 19.1 Å². The number of amides is 3. The van der Waals surface area contributed by atoms with Gasteiger partial charge in [-0.15, -0.1) is 0 Å². The maximum absolute atomic E-state index is 13.3. The number of carbonyl (C=O) groups is 3. The summed E-state index contributed by atoms with van der Waals surface area (Å²) >= 11 is 0. The van der Waals surface area contributed by atoms with Gasteiger partial charge in [0.15, 0.2) is 0 Å². The zero-order valence-electron chi connectivity index (χ0n) is 19.4. The van der Waals surface area contributed by atoms with Crippen LogP contribution >= 0.6 is 0 Å². The number of sulfonamides is 1. The van der Waals surface area contributed by atoms with Crippen LogP contribution in [0.4, 0.5) is 0 Å². The number of hydrogen-bond donors (Lipinski definition) is 3. The third-order valence-electron chi connectivity index (χ3n) is 7.71. The largest absolute Gasteiger partial charge is 0.391 e. The highest BCUT2D eigenvalue weighted by Crippen LogP contribution is 2.47. The molecule has 3 N–H and O–H groups in total. The SMILES string of the molecule is C[C@@H]1CCCC/C=C\C2C[C@@]2(C(=O)NS(=O)(=O)C2(C)CC2)NC(=O)[C@@H]2C[C@@H](O)CN2C(=O)C1. The lowest BCUT2D eigenvalue weighted by atomic mass is 9.99. The van der Waals surface area contributed by atoms with Crippen molar-refractivity contribution in [3.8, 4) is 0 Å². The molecule has 4 rings (SSSR count). The zero-order chi connectivity index (χ0) is 24.0. The molecule has 1 unspecified atom stereocenters. The van der Waals surface area contributed by atoms with Crippen LogP contribution < -0.4 is 10.0 Å². The summed E-state index contributed by atoms with van der Waals surface area (Å²) in [6.07, 6.45) is 8.39. The lowest BCUT2D eigenvalue weighted by Crippen LogP contribution is -2.57. The molecular weight excluding hydrogens is 446 g/mol. The smallest absolute Gasteiger partial charge is 0.259 e. The van der Waals surface area contributed by atoms with Crippen LogP contribution in [0.2, 0.25) is 0 Å². The van der Waals surface area contributed by atoms with Gasteiger partial charge in [-0.2, -0.15) is 0 Å². The molecule has 2 saturated carbocycles. The van der Waals surface area contributed by atoms with Gasteiger partial charge in [-0.1, -0.05) is 31.9 Å². The summed E-state index contributed by atoms with van der Waals surface area (Å²) in [5.74, 6) is -1.57. The normalized spacial score (nSPS) is 37.6. The average molecular weight is 482 g/mol. The van der Waals surface area contributed by atoms with Gasteiger partial charge in [-0.05, 0) is 44.9 Å². The first-order valence-electron chi connectivity index (χ1n) is 12.0. The van der Waals surface area contributed by atoms with E-state index in [0.717, 1.165) is 25.7 Å². The van der Waals surface area contributed by atoms with Crippen molar-refractivity contribution in [3.05, 3.63) is 12.2 Å². The van der Waals surface area contributed by atoms with E-state index in [0.29, 0.717) is 25.7 Å². The number of aliphatic hydroxyl groups excluding tert-OH is 1. The van der Waals surface area contributed by atoms with Gasteiger partial charge in [0.1, 0.15) is 11.6 Å². The van der Waals surface area contributed by atoms with Crippen LogP contribution in [0.25, 0.3) is 0 Å². The summed E-state index contributed by atoms with van der Waals surface area (Å²) in [5, 5.41) is 13.0. The summed E-state index contributed by atoms with van der Waals surface area (Å²) in [7, 11) is -3.85. The molecule has 2 aliphatic heterocycles. The molecule has 0 aromatic carbocycles. The highest BCUT2D eigenvalue weighted by molar-refractivity contribution is 7.91. The van der Waals surface area contributed by atoms with Gasteiger partial charge in [-0.3, -0.25) is 19.1 Å². The van der Waals surface area contributed by atoms with Crippen LogP contribution in [-0.4, -0.2) is 65.1 Å². The van der Waals surface area contributed by atoms with E-state index in [2.05, 4.69) is 10.0 Å². The lowest BCUT2D eigenvalue weighted by Gasteiger charge is -2.27. The molecule has 10 heteroatoms. The van der Waals surface area contributed by atoms with Crippen LogP contribution in [0, 0.1) is 11.8 Å². The molecule has 184 valence electrons. The van der Waals surface area contributed by atoms with E-state index in [4.69, 9.17) is 0 Å². The Hall–Kier alpha value is -1.94. The maximum Gasteiger partial charge on any atom is 0.259 e. The van der Waals surface area contributed by atoms with Crippen molar-refractivity contribution < 1.29 is 27.9 Å². The molecule has 33 heavy (non-hydrogen) atoms. The van der Waals surface area contributed by atoms with Crippen molar-refractivity contribution in [2.24, 2.45) is 11.8 Å². The third kappa shape index (κ3) is 4.82. The second kappa shape index (κ2) is 8.69. The van der Waals surface area contributed by atoms with Gasteiger partial charge in [0.2, 0.25) is 21.8 Å². The minimum absolute atomic E-state index is 0.0822. The van der Waals surface area contributed by atoms with Gasteiger partial charge in [0.25, 0.3) is 5.91 Å². The van der Waals surface area contributed by atoms with E-state index in [1.54, 1.807) is 6.92 Å². The minimum Gasteiger partial charge on any atom is -0.391 e. The molecule has 1 saturated heterocycles. The Labute approximate surface area is 195 Å². The molecule has 9 nitrogen and oxygen atoms in total. The Balaban J connectivity index is 1.58. The van der Waals surface area contributed by atoms with E-state index >= 15 is 0 Å². The second-order valence-electron chi connectivity index (χ2n) is 10.6. The Morgan fingerprint density at radius 1 is 1.27 bits per heavy atom. The molecule has 4 aliphatic rings. The summed E-state index contributed by atoms with van der Waals surface area (Å²) < 4.78 is 26.6. The molecule has 0 aromatic rings. The van der Waals surface area contributed by atoms with Gasteiger partial charge in [0.05, 0.1) is 10.9 Å². The first kappa shape index (κ1) is 24.2. The number of aliphatic hydroxyl groups is 1. The van der Waals surface area contributed by atoms with Gasteiger partial charge in [-0.25, -0.2) is 8.42 Å². The fourth-order valence-electron chi connectivity index (χ4n) is 4.94. The molecule has 3 fully saturated rings. The predicted octanol–water partition coefficient (Wildman–Crippen LogP) is 0.978. The lowest BCUT2D eigenvalue weighted by molar-refractivity contribution is -0.140. The summed E-state index contributed by atoms with van der Waals surface area (Å²) in [5.41, 5.74) is -1.36. The maximum atomic E-state index is 13.3. The summed E-state index contributed by atoms with van der Waals surface area (Å²) in [6.45, 7) is 3.70. The van der Waals surface area contributed by atoms with E-state index < -0.39 is 44.3 Å². The molecule has 2 heterocycles. The van der Waals surface area contributed by atoms with Crippen molar-refractivity contribution in [1.29, 1.82) is 0 Å². The van der Waals surface area contributed by atoms with Crippen molar-refractivity contribution in [2.75, 3.05) is 6.54 Å². The van der Waals surface area contributed by atoms with Crippen LogP contribution in [-0.2, 0) is 24.4 Å². The standard InChI is InChI=1S/C23H35N3O6S/c1-15-7-5-3-4-6-8-16-13-23(16,21(30)25-33(31,32)22(2)9-10-22)24-20(29)18-12-17(27)14-26(18)19(28)11-15/h6,8,15-18,27H,3-5,7,9-14H2,1-2H3,(H,24,29)(H,25,30)/b8-6-/t15-,16?,17-,18+,23-/m1/s1. The third-order valence-corrected chi connectivity index (χ3v) is 9.87. The summed E-state index contributed by atoms with van der Waals surface area (Å²) in [4.78, 5) is 40.8. The predicted molar refractivity (Wildman–Crippen MR) is 121 cm³/mol. The molecule has 0 spiro atoms. The number of fused-ring (bicyclic) bond motifs is 2. The first-order chi connectivity index (χ1) is 15.5. The molecular formula is C23H35N3O6S. The number of nitrogens with zero attached hydrogens (tertiary/aromatic N) is 1. The van der Waals surface area contributed by atoms with Crippen LogP contribution in [0.1, 0.15) is 71.6 Å². The van der Waals surface area contributed by atoms with Gasteiger partial charge < -0.3 is 15.3 Å². The van der Waals surface area contributed by atoms with Crippen LogP contribution in [0.5, 0.6) is 0 Å². The molecule has 0 bridgehead atoms. The van der Waals surface area contributed by atoms with Crippen LogP contribution in [0.15, 0.2) is 12.2 Å². The monoisotopic (exact) mass is 481 g/mol. The quantitative estimate of drug-likeness (QED) is 0.515. The Bertz CT molecular complexity index is 959. The zero-order valence-corrected chi connectivity index (χ0v) is 20.2. The average Bonchev–Trinajstić information content (AvgIpc) is 3.60. The van der Waals surface area contributed by atoms with Crippen molar-refractivity contribution in [2.45, 2.75) is 94.1 Å². The number of carbonyl (C=O) groups excluding carboxylic acids is 3. The number of hydrogen-bond acceptors (Lipinski definition) is 6. The molecule has 0 aromatic heterocycles. The molecule has 3 amide bonds. The Morgan fingerprint density at radius 2 is 2.00 bits per heavy atom. The highest BCUT2D eigenvalue weighted by Gasteiger charge is 2.63. The first-order valence-corrected chi connectivity index (χ1v) is 13.5. The second-order valence-corrected chi connectivity index (χ2v) is 12.8. The van der Waals surface area contributed by atoms with Crippen molar-refractivity contribution in [3.63, 3.8) is 0 Å². The Morgan fingerprint density at radius 3 is 2.70 bits per heavy atom. The van der Waals surface area contributed by atoms with E-state index in [9.17, 15) is 27.9 Å².